The molecule has 1 radical (unpaired) electrons. The topological polar surface area (TPSA) is 71.3 Å². The number of rotatable bonds is 5. The van der Waals surface area contributed by atoms with Gasteiger partial charge in [-0.25, -0.2) is 10.1 Å². The van der Waals surface area contributed by atoms with E-state index in [9.17, 15) is 4.79 Å². The van der Waals surface area contributed by atoms with Crippen LogP contribution in [0.25, 0.3) is 0 Å². The molecule has 1 aliphatic rings. The summed E-state index contributed by atoms with van der Waals surface area (Å²) in [6, 6.07) is 3.47. The van der Waals surface area contributed by atoms with E-state index in [0.717, 1.165) is 13.0 Å². The third kappa shape index (κ3) is 4.41. The van der Waals surface area contributed by atoms with Crippen LogP contribution in [0.3, 0.4) is 0 Å². The van der Waals surface area contributed by atoms with Gasteiger partial charge in [0.1, 0.15) is 23.9 Å². The van der Waals surface area contributed by atoms with Gasteiger partial charge in [0.25, 0.3) is 0 Å². The van der Waals surface area contributed by atoms with Crippen LogP contribution in [0, 0.1) is 0 Å². The SMILES string of the molecule is COc1cc(OC)c(COC(=O)N2CCC[N]CC2)c(OC)c1. The highest BCUT2D eigenvalue weighted by atomic mass is 16.6. The molecule has 0 atom stereocenters. The van der Waals surface area contributed by atoms with E-state index in [0.29, 0.717) is 42.4 Å². The molecule has 2 rings (SSSR count). The number of hydrogen-bond acceptors (Lipinski definition) is 5. The second-order valence-electron chi connectivity index (χ2n) is 5.08. The Labute approximate surface area is 136 Å². The summed E-state index contributed by atoms with van der Waals surface area (Å²) < 4.78 is 21.3. The first-order valence-electron chi connectivity index (χ1n) is 7.53. The lowest BCUT2D eigenvalue weighted by Gasteiger charge is -2.20. The van der Waals surface area contributed by atoms with Gasteiger partial charge in [0.2, 0.25) is 0 Å². The van der Waals surface area contributed by atoms with Crippen LogP contribution in [0.5, 0.6) is 17.2 Å². The molecule has 0 aromatic heterocycles. The lowest BCUT2D eigenvalue weighted by molar-refractivity contribution is 0.0969. The predicted octanol–water partition coefficient (Wildman–Crippen LogP) is 1.66. The number of carbonyl (C=O) groups is 1. The zero-order valence-corrected chi connectivity index (χ0v) is 13.8. The summed E-state index contributed by atoms with van der Waals surface area (Å²) in [6.07, 6.45) is 0.520. The van der Waals surface area contributed by atoms with Crippen LogP contribution >= 0.6 is 0 Å². The summed E-state index contributed by atoms with van der Waals surface area (Å²) in [7, 11) is 4.67. The summed E-state index contributed by atoms with van der Waals surface area (Å²) >= 11 is 0. The van der Waals surface area contributed by atoms with Gasteiger partial charge in [0.15, 0.2) is 0 Å². The molecule has 1 fully saturated rings. The van der Waals surface area contributed by atoms with Gasteiger partial charge in [-0.3, -0.25) is 0 Å². The third-order valence-electron chi connectivity index (χ3n) is 3.69. The third-order valence-corrected chi connectivity index (χ3v) is 3.69. The van der Waals surface area contributed by atoms with Crippen molar-refractivity contribution in [3.8, 4) is 17.2 Å². The molecule has 23 heavy (non-hydrogen) atoms. The maximum Gasteiger partial charge on any atom is 0.410 e. The fourth-order valence-corrected chi connectivity index (χ4v) is 2.42. The average Bonchev–Trinajstić information content (AvgIpc) is 2.88. The fraction of sp³-hybridized carbons (Fsp3) is 0.562. The lowest BCUT2D eigenvalue weighted by atomic mass is 10.1. The van der Waals surface area contributed by atoms with E-state index >= 15 is 0 Å². The molecule has 0 bridgehead atoms. The van der Waals surface area contributed by atoms with Crippen molar-refractivity contribution in [2.24, 2.45) is 0 Å². The zero-order chi connectivity index (χ0) is 16.7. The van der Waals surface area contributed by atoms with Crippen LogP contribution in [0.1, 0.15) is 12.0 Å². The lowest BCUT2D eigenvalue weighted by Crippen LogP contribution is -2.34. The van der Waals surface area contributed by atoms with E-state index in [-0.39, 0.29) is 12.7 Å². The van der Waals surface area contributed by atoms with Crippen molar-refractivity contribution in [2.75, 3.05) is 47.5 Å². The Morgan fingerprint density at radius 2 is 1.78 bits per heavy atom. The van der Waals surface area contributed by atoms with Crippen LogP contribution in [-0.2, 0) is 11.3 Å². The van der Waals surface area contributed by atoms with Gasteiger partial charge in [0.05, 0.1) is 26.9 Å². The van der Waals surface area contributed by atoms with E-state index in [1.54, 1.807) is 38.4 Å². The number of amides is 1. The minimum atomic E-state index is -0.345. The standard InChI is InChI=1S/C16H23N2O5/c1-20-12-9-14(21-2)13(15(10-12)22-3)11-23-16(19)18-7-4-5-17-6-8-18/h9-10H,4-8,11H2,1-3H3. The monoisotopic (exact) mass is 323 g/mol. The molecule has 1 aromatic rings. The summed E-state index contributed by atoms with van der Waals surface area (Å²) in [5.41, 5.74) is 0.670. The fourth-order valence-electron chi connectivity index (χ4n) is 2.42. The summed E-state index contributed by atoms with van der Waals surface area (Å²) in [6.45, 7) is 2.78. The van der Waals surface area contributed by atoms with Gasteiger partial charge in [-0.1, -0.05) is 0 Å². The molecule has 0 aliphatic carbocycles. The van der Waals surface area contributed by atoms with Gasteiger partial charge in [0, 0.05) is 38.3 Å². The number of benzene rings is 1. The Morgan fingerprint density at radius 1 is 1.09 bits per heavy atom. The van der Waals surface area contributed by atoms with E-state index in [2.05, 4.69) is 5.32 Å². The van der Waals surface area contributed by atoms with Gasteiger partial charge in [-0.05, 0) is 6.42 Å². The van der Waals surface area contributed by atoms with E-state index in [4.69, 9.17) is 18.9 Å². The average molecular weight is 323 g/mol. The second kappa shape index (κ2) is 8.47. The molecule has 0 unspecified atom stereocenters. The first kappa shape index (κ1) is 17.2. The summed E-state index contributed by atoms with van der Waals surface area (Å²) in [4.78, 5) is 13.9. The van der Waals surface area contributed by atoms with Crippen molar-refractivity contribution in [2.45, 2.75) is 13.0 Å². The molecule has 1 heterocycles. The van der Waals surface area contributed by atoms with Crippen LogP contribution in [-0.4, -0.2) is 58.5 Å². The van der Waals surface area contributed by atoms with Gasteiger partial charge < -0.3 is 23.8 Å². The van der Waals surface area contributed by atoms with Crippen molar-refractivity contribution in [1.29, 1.82) is 0 Å². The molecule has 0 N–H and O–H groups in total. The highest BCUT2D eigenvalue weighted by molar-refractivity contribution is 5.68. The minimum absolute atomic E-state index is 0.0722. The summed E-state index contributed by atoms with van der Waals surface area (Å²) in [5, 5.41) is 4.29. The largest absolute Gasteiger partial charge is 0.496 e. The van der Waals surface area contributed by atoms with Gasteiger partial charge in [-0.2, -0.15) is 0 Å². The van der Waals surface area contributed by atoms with E-state index < -0.39 is 0 Å². The molecular weight excluding hydrogens is 300 g/mol. The predicted molar refractivity (Wildman–Crippen MR) is 84.3 cm³/mol. The van der Waals surface area contributed by atoms with Crippen molar-refractivity contribution in [3.63, 3.8) is 0 Å². The van der Waals surface area contributed by atoms with Crippen molar-refractivity contribution < 1.29 is 23.7 Å². The molecule has 1 aromatic carbocycles. The van der Waals surface area contributed by atoms with Crippen LogP contribution in [0.4, 0.5) is 4.79 Å². The molecule has 127 valence electrons. The Hall–Kier alpha value is -2.15. The number of hydrogen-bond donors (Lipinski definition) is 0. The quantitative estimate of drug-likeness (QED) is 0.824. The highest BCUT2D eigenvalue weighted by Gasteiger charge is 2.20. The van der Waals surface area contributed by atoms with Crippen LogP contribution < -0.4 is 19.5 Å². The molecule has 1 aliphatic heterocycles. The van der Waals surface area contributed by atoms with E-state index in [1.165, 1.54) is 0 Å². The van der Waals surface area contributed by atoms with E-state index in [1.807, 2.05) is 0 Å². The van der Waals surface area contributed by atoms with Gasteiger partial charge >= 0.3 is 6.09 Å². The molecule has 7 heteroatoms. The minimum Gasteiger partial charge on any atom is -0.496 e. The Kier molecular flexibility index (Phi) is 6.34. The number of ether oxygens (including phenoxy) is 4. The molecule has 7 nitrogen and oxygen atoms in total. The van der Waals surface area contributed by atoms with Crippen molar-refractivity contribution in [1.82, 2.24) is 10.2 Å². The number of carbonyl (C=O) groups excluding carboxylic acids is 1. The second-order valence-corrected chi connectivity index (χ2v) is 5.08. The molecule has 0 spiro atoms. The maximum absolute atomic E-state index is 12.2. The Bertz CT molecular complexity index is 502. The first-order chi connectivity index (χ1) is 11.2. The smallest absolute Gasteiger partial charge is 0.410 e. The molecule has 1 saturated heterocycles. The van der Waals surface area contributed by atoms with Crippen LogP contribution in [0.15, 0.2) is 12.1 Å². The molecular formula is C16H23N2O5. The van der Waals surface area contributed by atoms with Crippen LogP contribution in [0.2, 0.25) is 0 Å². The van der Waals surface area contributed by atoms with Gasteiger partial charge in [-0.15, -0.1) is 0 Å². The Morgan fingerprint density at radius 3 is 2.39 bits per heavy atom. The van der Waals surface area contributed by atoms with Crippen molar-refractivity contribution in [3.05, 3.63) is 17.7 Å². The number of nitrogens with zero attached hydrogens (tertiary/aromatic N) is 2. The molecule has 0 saturated carbocycles. The maximum atomic E-state index is 12.2. The normalized spacial score (nSPS) is 14.8. The van der Waals surface area contributed by atoms with Crippen molar-refractivity contribution >= 4 is 6.09 Å². The number of methoxy groups -OCH3 is 3. The Balaban J connectivity index is 2.08. The summed E-state index contributed by atoms with van der Waals surface area (Å²) in [5.74, 6) is 1.72. The zero-order valence-electron chi connectivity index (χ0n) is 13.8. The first-order valence-corrected chi connectivity index (χ1v) is 7.53. The highest BCUT2D eigenvalue weighted by Crippen LogP contribution is 2.34. The molecule has 1 amide bonds.